The van der Waals surface area contributed by atoms with Crippen molar-refractivity contribution in [1.82, 2.24) is 20.0 Å². The molecule has 3 heterocycles. The zero-order valence-electron chi connectivity index (χ0n) is 22.6. The van der Waals surface area contributed by atoms with Gasteiger partial charge in [0.1, 0.15) is 28.7 Å². The fourth-order valence-corrected chi connectivity index (χ4v) is 5.27. The third kappa shape index (κ3) is 6.25. The number of anilines is 2. The van der Waals surface area contributed by atoms with Crippen LogP contribution in [-0.4, -0.2) is 60.6 Å². The van der Waals surface area contributed by atoms with Gasteiger partial charge in [-0.25, -0.2) is 32.0 Å². The molecule has 0 atom stereocenters. The van der Waals surface area contributed by atoms with E-state index in [1.54, 1.807) is 31.9 Å². The molecular weight excluding hydrogens is 554 g/mol. The van der Waals surface area contributed by atoms with E-state index in [2.05, 4.69) is 24.6 Å². The molecule has 1 saturated heterocycles. The summed E-state index contributed by atoms with van der Waals surface area (Å²) in [6.07, 6.45) is 4.15. The maximum atomic E-state index is 14.1. The van der Waals surface area contributed by atoms with Gasteiger partial charge in [-0.3, -0.25) is 9.71 Å². The molecule has 0 aliphatic carbocycles. The summed E-state index contributed by atoms with van der Waals surface area (Å²) in [4.78, 5) is 32.6. The van der Waals surface area contributed by atoms with Crippen molar-refractivity contribution in [1.29, 1.82) is 0 Å². The molecule has 5 rings (SSSR count). The Morgan fingerprint density at radius 2 is 1.71 bits per heavy atom. The maximum Gasteiger partial charge on any atom is 0.330 e. The Kier molecular flexibility index (Phi) is 7.58. The Balaban J connectivity index is 1.39. The van der Waals surface area contributed by atoms with Gasteiger partial charge < -0.3 is 9.74 Å². The predicted octanol–water partition coefficient (Wildman–Crippen LogP) is 4.40. The standard InChI is InChI=1S/C28H28F2N6O4S/c1-28(2,3)27(37)40-36-10-8-35(9-11-36)26-22-13-18(4-6-24(22)32-17-33-26)19-12-21(16-31-15-19)41(38,39)34-25-7-5-20(29)14-23(25)30/h4-7,12-17,34H,8-11H2,1-3H3. The van der Waals surface area contributed by atoms with Gasteiger partial charge in [0.2, 0.25) is 0 Å². The molecule has 214 valence electrons. The Bertz CT molecular complexity index is 1720. The fourth-order valence-electron chi connectivity index (χ4n) is 4.22. The molecule has 1 fully saturated rings. The summed E-state index contributed by atoms with van der Waals surface area (Å²) in [5, 5.41) is 2.41. The van der Waals surface area contributed by atoms with Crippen LogP contribution in [0.3, 0.4) is 0 Å². The van der Waals surface area contributed by atoms with Crippen LogP contribution in [0.4, 0.5) is 20.3 Å². The summed E-state index contributed by atoms with van der Waals surface area (Å²) >= 11 is 0. The minimum atomic E-state index is -4.22. The van der Waals surface area contributed by atoms with Gasteiger partial charge >= 0.3 is 5.97 Å². The van der Waals surface area contributed by atoms with E-state index in [9.17, 15) is 22.0 Å². The molecule has 0 amide bonds. The molecule has 4 aromatic rings. The van der Waals surface area contributed by atoms with Crippen molar-refractivity contribution in [2.75, 3.05) is 35.8 Å². The Hall–Kier alpha value is -4.23. The lowest BCUT2D eigenvalue weighted by Crippen LogP contribution is -2.48. The number of piperazine rings is 1. The van der Waals surface area contributed by atoms with Gasteiger partial charge in [0.15, 0.2) is 0 Å². The highest BCUT2D eigenvalue weighted by Gasteiger charge is 2.28. The number of nitrogens with one attached hydrogen (secondary N) is 1. The SMILES string of the molecule is CC(C)(C)C(=O)ON1CCN(c2ncnc3ccc(-c4cncc(S(=O)(=O)Nc5ccc(F)cc5F)c4)cc23)CC1. The first-order chi connectivity index (χ1) is 19.4. The highest BCUT2D eigenvalue weighted by molar-refractivity contribution is 7.92. The van der Waals surface area contributed by atoms with Crippen molar-refractivity contribution >= 4 is 38.4 Å². The number of hydrogen-bond donors (Lipinski definition) is 1. The predicted molar refractivity (Wildman–Crippen MR) is 149 cm³/mol. The van der Waals surface area contributed by atoms with Crippen LogP contribution in [0.25, 0.3) is 22.0 Å². The smallest absolute Gasteiger partial charge is 0.330 e. The topological polar surface area (TPSA) is 118 Å². The van der Waals surface area contributed by atoms with Crippen molar-refractivity contribution in [2.45, 2.75) is 25.7 Å². The summed E-state index contributed by atoms with van der Waals surface area (Å²) in [5.41, 5.74) is 0.893. The largest absolute Gasteiger partial charge is 0.367 e. The van der Waals surface area contributed by atoms with Crippen LogP contribution in [-0.2, 0) is 19.7 Å². The third-order valence-electron chi connectivity index (χ3n) is 6.51. The molecule has 41 heavy (non-hydrogen) atoms. The maximum absolute atomic E-state index is 14.1. The van der Waals surface area contributed by atoms with Crippen molar-refractivity contribution in [3.63, 3.8) is 0 Å². The van der Waals surface area contributed by atoms with Crippen LogP contribution >= 0.6 is 0 Å². The van der Waals surface area contributed by atoms with E-state index in [1.165, 1.54) is 18.6 Å². The average Bonchev–Trinajstić information content (AvgIpc) is 2.94. The number of aromatic nitrogens is 3. The van der Waals surface area contributed by atoms with Gasteiger partial charge in [0.05, 0.1) is 29.7 Å². The minimum absolute atomic E-state index is 0.190. The normalized spacial score (nSPS) is 14.7. The zero-order valence-corrected chi connectivity index (χ0v) is 23.5. The molecule has 1 aliphatic rings. The van der Waals surface area contributed by atoms with E-state index in [0.29, 0.717) is 54.7 Å². The lowest BCUT2D eigenvalue weighted by atomic mass is 9.98. The summed E-state index contributed by atoms with van der Waals surface area (Å²) in [5.74, 6) is -1.45. The lowest BCUT2D eigenvalue weighted by Gasteiger charge is -2.35. The van der Waals surface area contributed by atoms with Gasteiger partial charge in [-0.05, 0) is 56.7 Å². The van der Waals surface area contributed by atoms with Crippen molar-refractivity contribution in [3.05, 3.63) is 72.8 Å². The number of carbonyl (C=O) groups excluding carboxylic acids is 1. The first-order valence-corrected chi connectivity index (χ1v) is 14.3. The molecule has 0 saturated carbocycles. The van der Waals surface area contributed by atoms with Crippen LogP contribution in [0.15, 0.2) is 66.1 Å². The summed E-state index contributed by atoms with van der Waals surface area (Å²) in [6, 6.07) is 9.45. The van der Waals surface area contributed by atoms with E-state index in [0.717, 1.165) is 23.7 Å². The third-order valence-corrected chi connectivity index (χ3v) is 7.84. The second-order valence-electron chi connectivity index (χ2n) is 10.6. The number of pyridine rings is 1. The number of nitrogens with zero attached hydrogens (tertiary/aromatic N) is 5. The van der Waals surface area contributed by atoms with E-state index >= 15 is 0 Å². The number of hydroxylamine groups is 2. The highest BCUT2D eigenvalue weighted by Crippen LogP contribution is 2.30. The number of carbonyl (C=O) groups is 1. The number of fused-ring (bicyclic) bond motifs is 1. The first-order valence-electron chi connectivity index (χ1n) is 12.8. The molecule has 0 bridgehead atoms. The summed E-state index contributed by atoms with van der Waals surface area (Å²) in [7, 11) is -4.22. The quantitative estimate of drug-likeness (QED) is 0.353. The molecule has 1 N–H and O–H groups in total. The Labute approximate surface area is 236 Å². The van der Waals surface area contributed by atoms with E-state index in [4.69, 9.17) is 4.84 Å². The molecule has 13 heteroatoms. The number of hydrogen-bond acceptors (Lipinski definition) is 9. The van der Waals surface area contributed by atoms with Gasteiger partial charge in [-0.1, -0.05) is 6.07 Å². The minimum Gasteiger partial charge on any atom is -0.367 e. The van der Waals surface area contributed by atoms with Crippen molar-refractivity contribution in [2.24, 2.45) is 5.41 Å². The van der Waals surface area contributed by atoms with Crippen molar-refractivity contribution in [3.8, 4) is 11.1 Å². The number of benzene rings is 2. The van der Waals surface area contributed by atoms with Crippen LogP contribution in [0.1, 0.15) is 20.8 Å². The first kappa shape index (κ1) is 28.3. The monoisotopic (exact) mass is 582 g/mol. The van der Waals surface area contributed by atoms with Crippen LogP contribution in [0.2, 0.25) is 0 Å². The zero-order chi connectivity index (χ0) is 29.4. The Morgan fingerprint density at radius 3 is 2.41 bits per heavy atom. The second kappa shape index (κ2) is 11.0. The molecular formula is C28H28F2N6O4S. The van der Waals surface area contributed by atoms with E-state index < -0.39 is 27.1 Å². The molecule has 2 aromatic heterocycles. The average molecular weight is 583 g/mol. The lowest BCUT2D eigenvalue weighted by molar-refractivity contribution is -0.201. The van der Waals surface area contributed by atoms with Crippen LogP contribution in [0.5, 0.6) is 0 Å². The van der Waals surface area contributed by atoms with Gasteiger partial charge in [0, 0.05) is 42.5 Å². The fraction of sp³-hybridized carbons (Fsp3) is 0.286. The summed E-state index contributed by atoms with van der Waals surface area (Å²) in [6.45, 7) is 7.54. The number of sulfonamides is 1. The Morgan fingerprint density at radius 1 is 0.951 bits per heavy atom. The van der Waals surface area contributed by atoms with Gasteiger partial charge in [0.25, 0.3) is 10.0 Å². The van der Waals surface area contributed by atoms with Crippen molar-refractivity contribution < 1.29 is 26.8 Å². The number of rotatable bonds is 6. The molecule has 0 spiro atoms. The molecule has 2 aromatic carbocycles. The molecule has 1 aliphatic heterocycles. The molecule has 0 radical (unpaired) electrons. The van der Waals surface area contributed by atoms with Crippen LogP contribution < -0.4 is 9.62 Å². The molecule has 10 nitrogen and oxygen atoms in total. The molecule has 0 unspecified atom stereocenters. The van der Waals surface area contributed by atoms with Gasteiger partial charge in [-0.15, -0.1) is 5.06 Å². The van der Waals surface area contributed by atoms with Crippen LogP contribution in [0, 0.1) is 17.0 Å². The number of halogens is 2. The van der Waals surface area contributed by atoms with Gasteiger partial charge in [-0.2, -0.15) is 0 Å². The van der Waals surface area contributed by atoms with E-state index in [-0.39, 0.29) is 16.6 Å². The van der Waals surface area contributed by atoms with E-state index in [1.807, 2.05) is 12.1 Å². The highest BCUT2D eigenvalue weighted by atomic mass is 32.2. The summed E-state index contributed by atoms with van der Waals surface area (Å²) < 4.78 is 55.4. The second-order valence-corrected chi connectivity index (χ2v) is 12.3.